The second-order valence-electron chi connectivity index (χ2n) is 4.98. The molecule has 3 aromatic rings. The molecule has 0 aliphatic carbocycles. The largest absolute Gasteiger partial charge is 0.490 e. The van der Waals surface area contributed by atoms with Gasteiger partial charge in [-0.2, -0.15) is 5.21 Å². The Morgan fingerprint density at radius 2 is 1.96 bits per heavy atom. The minimum absolute atomic E-state index is 0.112. The maximum Gasteiger partial charge on any atom is 0.204 e. The van der Waals surface area contributed by atoms with Gasteiger partial charge >= 0.3 is 0 Å². The molecule has 1 N–H and O–H groups in total. The van der Waals surface area contributed by atoms with Crippen molar-refractivity contribution in [1.82, 2.24) is 20.6 Å². The lowest BCUT2D eigenvalue weighted by atomic mass is 10.2. The van der Waals surface area contributed by atoms with Gasteiger partial charge in [-0.05, 0) is 36.4 Å². The van der Waals surface area contributed by atoms with E-state index >= 15 is 0 Å². The highest BCUT2D eigenvalue weighted by Gasteiger charge is 2.16. The molecule has 1 heterocycles. The van der Waals surface area contributed by atoms with Gasteiger partial charge in [0.05, 0.1) is 16.7 Å². The molecule has 0 fully saturated rings. The Hall–Kier alpha value is -2.38. The van der Waals surface area contributed by atoms with Gasteiger partial charge in [0.25, 0.3) is 0 Å². The van der Waals surface area contributed by atoms with Crippen molar-refractivity contribution in [2.24, 2.45) is 0 Å². The van der Waals surface area contributed by atoms with E-state index in [0.717, 1.165) is 0 Å². The third-order valence-electron chi connectivity index (χ3n) is 3.30. The summed E-state index contributed by atoms with van der Waals surface area (Å²) in [6.45, 7) is 2.37. The summed E-state index contributed by atoms with van der Waals surface area (Å²) < 4.78 is 24.5. The Labute approximate surface area is 152 Å². The zero-order chi connectivity index (χ0) is 17.8. The van der Waals surface area contributed by atoms with Crippen LogP contribution in [0.2, 0.25) is 10.0 Å². The molecular formula is C16H13Cl2FN4O2. The lowest BCUT2D eigenvalue weighted by molar-refractivity contribution is 0.269. The molecule has 3 rings (SSSR count). The van der Waals surface area contributed by atoms with Crippen molar-refractivity contribution in [1.29, 1.82) is 0 Å². The molecule has 0 spiro atoms. The Morgan fingerprint density at radius 1 is 1.12 bits per heavy atom. The molecule has 0 radical (unpaired) electrons. The third-order valence-corrected chi connectivity index (χ3v) is 3.93. The predicted molar refractivity (Wildman–Crippen MR) is 91.5 cm³/mol. The quantitative estimate of drug-likeness (QED) is 0.688. The van der Waals surface area contributed by atoms with Crippen molar-refractivity contribution in [2.75, 3.05) is 6.61 Å². The van der Waals surface area contributed by atoms with Gasteiger partial charge < -0.3 is 9.47 Å². The van der Waals surface area contributed by atoms with Gasteiger partial charge in [0, 0.05) is 11.1 Å². The van der Waals surface area contributed by atoms with Crippen LogP contribution in [0.15, 0.2) is 30.3 Å². The standard InChI is InChI=1S/C16H13Cl2FN4O2/c1-2-24-14-6-10(16-20-22-23-21-16)5-13(18)15(14)25-8-9-3-4-11(19)7-12(9)17/h3-7H,2,8H2,1H3,(H,20,21,22,23). The maximum absolute atomic E-state index is 13.1. The summed E-state index contributed by atoms with van der Waals surface area (Å²) in [5, 5.41) is 14.3. The van der Waals surface area contributed by atoms with E-state index < -0.39 is 5.82 Å². The van der Waals surface area contributed by atoms with E-state index in [-0.39, 0.29) is 11.6 Å². The number of nitrogens with one attached hydrogen (secondary N) is 1. The lowest BCUT2D eigenvalue weighted by Gasteiger charge is -2.15. The molecule has 0 aliphatic rings. The maximum atomic E-state index is 13.1. The number of aromatic amines is 1. The number of hydrogen-bond donors (Lipinski definition) is 1. The zero-order valence-corrected chi connectivity index (χ0v) is 14.6. The number of halogens is 3. The molecular weight excluding hydrogens is 370 g/mol. The second-order valence-corrected chi connectivity index (χ2v) is 5.79. The van der Waals surface area contributed by atoms with Crippen molar-refractivity contribution in [3.63, 3.8) is 0 Å². The Morgan fingerprint density at radius 3 is 2.64 bits per heavy atom. The molecule has 25 heavy (non-hydrogen) atoms. The first kappa shape index (κ1) is 17.4. The van der Waals surface area contributed by atoms with Crippen LogP contribution in [-0.2, 0) is 6.61 Å². The van der Waals surface area contributed by atoms with Gasteiger partial charge in [0.2, 0.25) is 5.82 Å². The van der Waals surface area contributed by atoms with Crippen LogP contribution in [0.4, 0.5) is 4.39 Å². The molecule has 0 saturated carbocycles. The highest BCUT2D eigenvalue weighted by Crippen LogP contribution is 2.39. The number of rotatable bonds is 6. The van der Waals surface area contributed by atoms with Crippen LogP contribution in [0.25, 0.3) is 11.4 Å². The number of benzene rings is 2. The molecule has 0 atom stereocenters. The van der Waals surface area contributed by atoms with E-state index in [2.05, 4.69) is 20.6 Å². The van der Waals surface area contributed by atoms with Crippen LogP contribution < -0.4 is 9.47 Å². The van der Waals surface area contributed by atoms with Gasteiger partial charge in [0.15, 0.2) is 11.5 Å². The predicted octanol–water partition coefficient (Wildman–Crippen LogP) is 4.29. The van der Waals surface area contributed by atoms with Crippen molar-refractivity contribution in [3.8, 4) is 22.9 Å². The SMILES string of the molecule is CCOc1cc(-c2nn[nH]n2)cc(Cl)c1OCc1ccc(F)cc1Cl. The summed E-state index contributed by atoms with van der Waals surface area (Å²) in [4.78, 5) is 0. The molecule has 0 aliphatic heterocycles. The normalized spacial score (nSPS) is 10.7. The van der Waals surface area contributed by atoms with Crippen LogP contribution in [0, 0.1) is 5.82 Å². The van der Waals surface area contributed by atoms with Crippen LogP contribution >= 0.6 is 23.2 Å². The van der Waals surface area contributed by atoms with E-state index in [1.54, 1.807) is 18.2 Å². The average Bonchev–Trinajstić information content (AvgIpc) is 3.10. The average molecular weight is 383 g/mol. The molecule has 0 bridgehead atoms. The molecule has 0 saturated heterocycles. The summed E-state index contributed by atoms with van der Waals surface area (Å²) in [6.07, 6.45) is 0. The first-order chi connectivity index (χ1) is 12.1. The number of tetrazole rings is 1. The Balaban J connectivity index is 1.89. The van der Waals surface area contributed by atoms with Crippen LogP contribution in [0.3, 0.4) is 0 Å². The van der Waals surface area contributed by atoms with E-state index in [1.165, 1.54) is 12.1 Å². The highest BCUT2D eigenvalue weighted by molar-refractivity contribution is 6.32. The van der Waals surface area contributed by atoms with E-state index in [0.29, 0.717) is 40.1 Å². The highest BCUT2D eigenvalue weighted by atomic mass is 35.5. The van der Waals surface area contributed by atoms with E-state index in [4.69, 9.17) is 32.7 Å². The molecule has 9 heteroatoms. The summed E-state index contributed by atoms with van der Waals surface area (Å²) in [6, 6.07) is 7.46. The topological polar surface area (TPSA) is 72.9 Å². The zero-order valence-electron chi connectivity index (χ0n) is 13.1. The second kappa shape index (κ2) is 7.67. The van der Waals surface area contributed by atoms with Gasteiger partial charge in [-0.1, -0.05) is 29.3 Å². The summed E-state index contributed by atoms with van der Waals surface area (Å²) >= 11 is 12.4. The molecule has 130 valence electrons. The number of H-pyrrole nitrogens is 1. The van der Waals surface area contributed by atoms with Gasteiger partial charge in [-0.25, -0.2) is 4.39 Å². The van der Waals surface area contributed by atoms with Crippen molar-refractivity contribution in [3.05, 3.63) is 51.8 Å². The molecule has 0 unspecified atom stereocenters. The van der Waals surface area contributed by atoms with E-state index in [1.807, 2.05) is 6.92 Å². The van der Waals surface area contributed by atoms with E-state index in [9.17, 15) is 4.39 Å². The Bertz CT molecular complexity index is 875. The monoisotopic (exact) mass is 382 g/mol. The summed E-state index contributed by atoms with van der Waals surface area (Å²) in [5.74, 6) is 0.770. The fourth-order valence-corrected chi connectivity index (χ4v) is 2.66. The fraction of sp³-hybridized carbons (Fsp3) is 0.188. The molecule has 1 aromatic heterocycles. The van der Waals surface area contributed by atoms with Gasteiger partial charge in [-0.3, -0.25) is 0 Å². The van der Waals surface area contributed by atoms with Crippen LogP contribution in [0.5, 0.6) is 11.5 Å². The van der Waals surface area contributed by atoms with Crippen molar-refractivity contribution >= 4 is 23.2 Å². The molecule has 2 aromatic carbocycles. The fourth-order valence-electron chi connectivity index (χ4n) is 2.17. The van der Waals surface area contributed by atoms with Gasteiger partial charge in [-0.15, -0.1) is 10.2 Å². The van der Waals surface area contributed by atoms with Crippen LogP contribution in [-0.4, -0.2) is 27.2 Å². The van der Waals surface area contributed by atoms with Crippen LogP contribution in [0.1, 0.15) is 12.5 Å². The third kappa shape index (κ3) is 4.00. The first-order valence-corrected chi connectivity index (χ1v) is 8.11. The lowest BCUT2D eigenvalue weighted by Crippen LogP contribution is -2.01. The number of aromatic nitrogens is 4. The van der Waals surface area contributed by atoms with Crippen molar-refractivity contribution in [2.45, 2.75) is 13.5 Å². The van der Waals surface area contributed by atoms with Crippen molar-refractivity contribution < 1.29 is 13.9 Å². The Kier molecular flexibility index (Phi) is 5.35. The smallest absolute Gasteiger partial charge is 0.204 e. The first-order valence-electron chi connectivity index (χ1n) is 7.35. The summed E-state index contributed by atoms with van der Waals surface area (Å²) in [5.41, 5.74) is 1.26. The molecule has 6 nitrogen and oxygen atoms in total. The number of ether oxygens (including phenoxy) is 2. The molecule has 0 amide bonds. The minimum Gasteiger partial charge on any atom is -0.490 e. The number of hydrogen-bond acceptors (Lipinski definition) is 5. The minimum atomic E-state index is -0.411. The summed E-state index contributed by atoms with van der Waals surface area (Å²) in [7, 11) is 0. The number of nitrogens with zero attached hydrogens (tertiary/aromatic N) is 3. The van der Waals surface area contributed by atoms with Gasteiger partial charge in [0.1, 0.15) is 12.4 Å².